The van der Waals surface area contributed by atoms with Crippen molar-refractivity contribution < 1.29 is 14.4 Å². The molecule has 6 nitrogen and oxygen atoms in total. The maximum absolute atomic E-state index is 12.9. The Morgan fingerprint density at radius 3 is 2.46 bits per heavy atom. The van der Waals surface area contributed by atoms with E-state index in [2.05, 4.69) is 16.2 Å². The predicted molar refractivity (Wildman–Crippen MR) is 111 cm³/mol. The third-order valence-corrected chi connectivity index (χ3v) is 6.07. The van der Waals surface area contributed by atoms with Crippen LogP contribution in [-0.4, -0.2) is 17.7 Å². The first-order valence-electron chi connectivity index (χ1n) is 9.47. The zero-order chi connectivity index (χ0) is 20.3. The molecule has 0 saturated heterocycles. The average Bonchev–Trinajstić information content (AvgIpc) is 2.82. The molecule has 0 bridgehead atoms. The number of anilines is 1. The second-order valence-corrected chi connectivity index (χ2v) is 8.28. The molecule has 148 valence electrons. The maximum atomic E-state index is 12.9. The molecule has 2 aromatic rings. The predicted octanol–water partition coefficient (Wildman–Crippen LogP) is 3.67. The Morgan fingerprint density at radius 1 is 0.964 bits per heavy atom. The van der Waals surface area contributed by atoms with Crippen molar-refractivity contribution in [1.82, 2.24) is 10.9 Å². The Kier molecular flexibility index (Phi) is 6.14. The Morgan fingerprint density at radius 2 is 1.71 bits per heavy atom. The van der Waals surface area contributed by atoms with Crippen molar-refractivity contribution in [1.29, 1.82) is 0 Å². The quantitative estimate of drug-likeness (QED) is 0.544. The van der Waals surface area contributed by atoms with Crippen LogP contribution in [0.15, 0.2) is 18.2 Å². The number of hydrogen-bond acceptors (Lipinski definition) is 4. The van der Waals surface area contributed by atoms with E-state index in [1.165, 1.54) is 18.3 Å². The molecule has 0 spiro atoms. The maximum Gasteiger partial charge on any atom is 0.272 e. The standard InChI is InChI=1S/C21H25N3O3S/c1-12-9-10-13(2)16(11-12)19(26)22-21-18(20(27)24-23-14(3)25)15-7-5-4-6-8-17(15)28-21/h9-11H,4-8H2,1-3H3,(H,22,26)(H,23,25)(H,24,27). The summed E-state index contributed by atoms with van der Waals surface area (Å²) in [4.78, 5) is 38.0. The number of carbonyl (C=O) groups excluding carboxylic acids is 3. The van der Waals surface area contributed by atoms with Crippen LogP contribution in [0.1, 0.15) is 68.5 Å². The van der Waals surface area contributed by atoms with Crippen molar-refractivity contribution in [2.24, 2.45) is 0 Å². The van der Waals surface area contributed by atoms with E-state index < -0.39 is 5.91 Å². The van der Waals surface area contributed by atoms with E-state index >= 15 is 0 Å². The zero-order valence-electron chi connectivity index (χ0n) is 16.4. The van der Waals surface area contributed by atoms with Crippen LogP contribution in [0.3, 0.4) is 0 Å². The van der Waals surface area contributed by atoms with Gasteiger partial charge in [0.2, 0.25) is 5.91 Å². The topological polar surface area (TPSA) is 87.3 Å². The Hall–Kier alpha value is -2.67. The number of fused-ring (bicyclic) bond motifs is 1. The van der Waals surface area contributed by atoms with Crippen LogP contribution in [-0.2, 0) is 17.6 Å². The molecule has 0 atom stereocenters. The van der Waals surface area contributed by atoms with E-state index in [0.29, 0.717) is 16.1 Å². The van der Waals surface area contributed by atoms with Gasteiger partial charge in [0, 0.05) is 17.4 Å². The summed E-state index contributed by atoms with van der Waals surface area (Å²) in [5, 5.41) is 3.49. The molecule has 3 N–H and O–H groups in total. The molecule has 28 heavy (non-hydrogen) atoms. The van der Waals surface area contributed by atoms with Crippen molar-refractivity contribution in [2.75, 3.05) is 5.32 Å². The van der Waals surface area contributed by atoms with Gasteiger partial charge in [0.15, 0.2) is 0 Å². The van der Waals surface area contributed by atoms with Crippen LogP contribution in [0.5, 0.6) is 0 Å². The van der Waals surface area contributed by atoms with Gasteiger partial charge in [-0.25, -0.2) is 0 Å². The van der Waals surface area contributed by atoms with Gasteiger partial charge in [-0.3, -0.25) is 25.2 Å². The van der Waals surface area contributed by atoms with Crippen molar-refractivity contribution in [3.63, 3.8) is 0 Å². The molecule has 3 rings (SSSR count). The minimum Gasteiger partial charge on any atom is -0.313 e. The van der Waals surface area contributed by atoms with E-state index in [4.69, 9.17) is 0 Å². The lowest BCUT2D eigenvalue weighted by Gasteiger charge is -2.11. The van der Waals surface area contributed by atoms with Crippen LogP contribution in [0.2, 0.25) is 0 Å². The molecular weight excluding hydrogens is 374 g/mol. The van der Waals surface area contributed by atoms with Crippen molar-refractivity contribution in [2.45, 2.75) is 52.9 Å². The molecule has 0 aliphatic heterocycles. The lowest BCUT2D eigenvalue weighted by Crippen LogP contribution is -2.40. The molecule has 0 saturated carbocycles. The normalized spacial score (nSPS) is 13.2. The number of nitrogens with one attached hydrogen (secondary N) is 3. The van der Waals surface area contributed by atoms with Gasteiger partial charge in [0.05, 0.1) is 5.56 Å². The number of hydrazine groups is 1. The van der Waals surface area contributed by atoms with Crippen LogP contribution < -0.4 is 16.2 Å². The Balaban J connectivity index is 1.95. The summed E-state index contributed by atoms with van der Waals surface area (Å²) < 4.78 is 0. The number of amides is 3. The Labute approximate surface area is 168 Å². The summed E-state index contributed by atoms with van der Waals surface area (Å²) in [6.45, 7) is 5.16. The number of thiophene rings is 1. The molecule has 1 aliphatic rings. The molecule has 7 heteroatoms. The van der Waals surface area contributed by atoms with Crippen molar-refractivity contribution in [3.05, 3.63) is 50.9 Å². The van der Waals surface area contributed by atoms with Gasteiger partial charge in [-0.2, -0.15) is 0 Å². The average molecular weight is 400 g/mol. The number of carbonyl (C=O) groups is 3. The summed E-state index contributed by atoms with van der Waals surface area (Å²) in [7, 11) is 0. The fourth-order valence-corrected chi connectivity index (χ4v) is 4.71. The molecule has 1 heterocycles. The number of benzene rings is 1. The summed E-state index contributed by atoms with van der Waals surface area (Å²) in [6.07, 6.45) is 4.91. The second-order valence-electron chi connectivity index (χ2n) is 7.18. The van der Waals surface area contributed by atoms with E-state index in [1.54, 1.807) is 0 Å². The summed E-state index contributed by atoms with van der Waals surface area (Å²) in [5.41, 5.74) is 8.71. The first-order valence-corrected chi connectivity index (χ1v) is 10.3. The van der Waals surface area contributed by atoms with E-state index in [9.17, 15) is 14.4 Å². The van der Waals surface area contributed by atoms with Crippen LogP contribution in [0.25, 0.3) is 0 Å². The van der Waals surface area contributed by atoms with Crippen LogP contribution in [0, 0.1) is 13.8 Å². The fraction of sp³-hybridized carbons (Fsp3) is 0.381. The van der Waals surface area contributed by atoms with Gasteiger partial charge in [-0.15, -0.1) is 11.3 Å². The highest BCUT2D eigenvalue weighted by Crippen LogP contribution is 2.37. The second kappa shape index (κ2) is 8.56. The van der Waals surface area contributed by atoms with Gasteiger partial charge < -0.3 is 5.32 Å². The van der Waals surface area contributed by atoms with Gasteiger partial charge >= 0.3 is 0 Å². The fourth-order valence-electron chi connectivity index (χ4n) is 3.43. The highest BCUT2D eigenvalue weighted by molar-refractivity contribution is 7.17. The minimum atomic E-state index is -0.397. The van der Waals surface area contributed by atoms with Gasteiger partial charge in [0.25, 0.3) is 11.8 Å². The molecular formula is C21H25N3O3S. The Bertz CT molecular complexity index is 933. The largest absolute Gasteiger partial charge is 0.313 e. The first kappa shape index (κ1) is 20.1. The van der Waals surface area contributed by atoms with Gasteiger partial charge in [-0.05, 0) is 56.7 Å². The third-order valence-electron chi connectivity index (χ3n) is 4.87. The van der Waals surface area contributed by atoms with Crippen molar-refractivity contribution in [3.8, 4) is 0 Å². The van der Waals surface area contributed by atoms with E-state index in [-0.39, 0.29) is 11.8 Å². The molecule has 1 aromatic heterocycles. The van der Waals surface area contributed by atoms with Crippen LogP contribution in [0.4, 0.5) is 5.00 Å². The van der Waals surface area contributed by atoms with Crippen LogP contribution >= 0.6 is 11.3 Å². The number of rotatable bonds is 3. The third kappa shape index (κ3) is 4.42. The minimum absolute atomic E-state index is 0.230. The molecule has 1 aliphatic carbocycles. The number of hydrogen-bond donors (Lipinski definition) is 3. The lowest BCUT2D eigenvalue weighted by atomic mass is 10.0. The van der Waals surface area contributed by atoms with Gasteiger partial charge in [-0.1, -0.05) is 24.1 Å². The zero-order valence-corrected chi connectivity index (χ0v) is 17.2. The van der Waals surface area contributed by atoms with Gasteiger partial charge in [0.1, 0.15) is 5.00 Å². The number of aryl methyl sites for hydroxylation is 3. The molecule has 1 aromatic carbocycles. The van der Waals surface area contributed by atoms with E-state index in [0.717, 1.165) is 53.7 Å². The summed E-state index contributed by atoms with van der Waals surface area (Å²) in [5.74, 6) is -0.979. The first-order chi connectivity index (χ1) is 13.4. The molecule has 0 radical (unpaired) electrons. The molecule has 0 fully saturated rings. The molecule has 3 amide bonds. The lowest BCUT2D eigenvalue weighted by molar-refractivity contribution is -0.119. The molecule has 0 unspecified atom stereocenters. The summed E-state index contributed by atoms with van der Waals surface area (Å²) in [6, 6.07) is 5.73. The SMILES string of the molecule is CC(=O)NNC(=O)c1c(NC(=O)c2cc(C)ccc2C)sc2c1CCCCC2. The monoisotopic (exact) mass is 399 g/mol. The van der Waals surface area contributed by atoms with Crippen molar-refractivity contribution >= 4 is 34.1 Å². The highest BCUT2D eigenvalue weighted by atomic mass is 32.1. The summed E-state index contributed by atoms with van der Waals surface area (Å²) >= 11 is 1.47. The smallest absolute Gasteiger partial charge is 0.272 e. The van der Waals surface area contributed by atoms with E-state index in [1.807, 2.05) is 32.0 Å². The highest BCUT2D eigenvalue weighted by Gasteiger charge is 2.26.